The van der Waals surface area contributed by atoms with Crippen molar-refractivity contribution in [3.8, 4) is 0 Å². The fourth-order valence-corrected chi connectivity index (χ4v) is 1.34. The lowest BCUT2D eigenvalue weighted by Crippen LogP contribution is -1.91. The van der Waals surface area contributed by atoms with E-state index in [9.17, 15) is 10.1 Å². The first-order chi connectivity index (χ1) is 7.25. The van der Waals surface area contributed by atoms with Crippen LogP contribution in [0, 0.1) is 10.1 Å². The first-order valence-electron chi connectivity index (χ1n) is 4.47. The topological polar surface area (TPSA) is 71.8 Å². The van der Waals surface area contributed by atoms with Crippen LogP contribution in [0.2, 0.25) is 0 Å². The molecule has 5 nitrogen and oxygen atoms in total. The van der Waals surface area contributed by atoms with Gasteiger partial charge in [-0.25, -0.2) is 0 Å². The van der Waals surface area contributed by atoms with Crippen molar-refractivity contribution in [3.05, 3.63) is 57.9 Å². The Balaban J connectivity index is 2.14. The van der Waals surface area contributed by atoms with Crippen molar-refractivity contribution >= 4 is 5.69 Å². The van der Waals surface area contributed by atoms with E-state index in [1.807, 2.05) is 6.07 Å². The van der Waals surface area contributed by atoms with Crippen LogP contribution in [0.5, 0.6) is 0 Å². The van der Waals surface area contributed by atoms with Gasteiger partial charge in [0.25, 0.3) is 5.69 Å². The van der Waals surface area contributed by atoms with Crippen LogP contribution in [0.3, 0.4) is 0 Å². The lowest BCUT2D eigenvalue weighted by molar-refractivity contribution is -0.384. The standard InChI is InChI=1S/C10H9N3O2/c14-13(15)10-3-1-8(2-4-10)7-9-5-6-11-12-9/h1-6H,7H2,(H,11,12). The lowest BCUT2D eigenvalue weighted by atomic mass is 10.1. The first-order valence-corrected chi connectivity index (χ1v) is 4.47. The number of nitro benzene ring substituents is 1. The molecule has 0 bridgehead atoms. The summed E-state index contributed by atoms with van der Waals surface area (Å²) in [4.78, 5) is 10.0. The third-order valence-corrected chi connectivity index (χ3v) is 2.10. The molecule has 5 heteroatoms. The molecule has 1 aromatic carbocycles. The van der Waals surface area contributed by atoms with Crippen molar-refractivity contribution in [1.29, 1.82) is 0 Å². The van der Waals surface area contributed by atoms with E-state index >= 15 is 0 Å². The van der Waals surface area contributed by atoms with Gasteiger partial charge in [-0.15, -0.1) is 0 Å². The molecular weight excluding hydrogens is 194 g/mol. The Kier molecular flexibility index (Phi) is 2.45. The number of H-pyrrole nitrogens is 1. The van der Waals surface area contributed by atoms with Gasteiger partial charge in [0.15, 0.2) is 0 Å². The van der Waals surface area contributed by atoms with Crippen molar-refractivity contribution in [2.24, 2.45) is 0 Å². The molecule has 0 aliphatic carbocycles. The summed E-state index contributed by atoms with van der Waals surface area (Å²) in [5, 5.41) is 17.1. The van der Waals surface area contributed by atoms with Gasteiger partial charge < -0.3 is 0 Å². The van der Waals surface area contributed by atoms with E-state index in [0.29, 0.717) is 6.42 Å². The maximum atomic E-state index is 10.4. The van der Waals surface area contributed by atoms with Crippen molar-refractivity contribution in [2.45, 2.75) is 6.42 Å². The Bertz CT molecular complexity index is 448. The molecule has 0 atom stereocenters. The summed E-state index contributed by atoms with van der Waals surface area (Å²) in [6.45, 7) is 0. The number of benzene rings is 1. The van der Waals surface area contributed by atoms with E-state index in [2.05, 4.69) is 10.2 Å². The summed E-state index contributed by atoms with van der Waals surface area (Å²) in [6, 6.07) is 8.39. The summed E-state index contributed by atoms with van der Waals surface area (Å²) in [7, 11) is 0. The highest BCUT2D eigenvalue weighted by Crippen LogP contribution is 2.13. The molecule has 0 radical (unpaired) electrons. The van der Waals surface area contributed by atoms with Gasteiger partial charge in [-0.3, -0.25) is 15.2 Å². The Hall–Kier alpha value is -2.17. The molecule has 2 rings (SSSR count). The molecule has 0 saturated carbocycles. The van der Waals surface area contributed by atoms with E-state index in [1.54, 1.807) is 18.3 Å². The molecule has 2 aromatic rings. The van der Waals surface area contributed by atoms with Crippen molar-refractivity contribution in [3.63, 3.8) is 0 Å². The molecule has 0 unspecified atom stereocenters. The number of rotatable bonds is 3. The number of aromatic amines is 1. The van der Waals surface area contributed by atoms with Crippen LogP contribution >= 0.6 is 0 Å². The number of aromatic nitrogens is 2. The lowest BCUT2D eigenvalue weighted by Gasteiger charge is -1.97. The maximum absolute atomic E-state index is 10.4. The molecule has 15 heavy (non-hydrogen) atoms. The SMILES string of the molecule is O=[N+]([O-])c1ccc(Cc2ccn[nH]2)cc1. The zero-order valence-corrected chi connectivity index (χ0v) is 7.88. The van der Waals surface area contributed by atoms with Crippen molar-refractivity contribution in [1.82, 2.24) is 10.2 Å². The average Bonchev–Trinajstić information content (AvgIpc) is 2.71. The minimum atomic E-state index is -0.403. The van der Waals surface area contributed by atoms with Gasteiger partial charge in [0.1, 0.15) is 0 Å². The van der Waals surface area contributed by atoms with Gasteiger partial charge >= 0.3 is 0 Å². The Morgan fingerprint density at radius 3 is 2.53 bits per heavy atom. The second-order valence-electron chi connectivity index (χ2n) is 3.18. The molecule has 0 amide bonds. The second-order valence-corrected chi connectivity index (χ2v) is 3.18. The molecule has 0 fully saturated rings. The Labute approximate surface area is 85.9 Å². The highest BCUT2D eigenvalue weighted by atomic mass is 16.6. The number of hydrogen-bond donors (Lipinski definition) is 1. The van der Waals surface area contributed by atoms with Gasteiger partial charge in [-0.05, 0) is 11.6 Å². The summed E-state index contributed by atoms with van der Waals surface area (Å²) in [6.07, 6.45) is 2.39. The van der Waals surface area contributed by atoms with Gasteiger partial charge in [0.2, 0.25) is 0 Å². The second kappa shape index (κ2) is 3.91. The van der Waals surface area contributed by atoms with Crippen molar-refractivity contribution in [2.75, 3.05) is 0 Å². The quantitative estimate of drug-likeness (QED) is 0.611. The third kappa shape index (κ3) is 2.19. The predicted molar refractivity (Wildman–Crippen MR) is 54.5 cm³/mol. The highest BCUT2D eigenvalue weighted by molar-refractivity contribution is 5.34. The Morgan fingerprint density at radius 1 is 1.27 bits per heavy atom. The van der Waals surface area contributed by atoms with Crippen LogP contribution in [0.4, 0.5) is 5.69 Å². The maximum Gasteiger partial charge on any atom is 0.269 e. The smallest absolute Gasteiger partial charge is 0.269 e. The molecule has 76 valence electrons. The molecule has 0 aliphatic heterocycles. The molecule has 0 saturated heterocycles. The summed E-state index contributed by atoms with van der Waals surface area (Å²) < 4.78 is 0. The van der Waals surface area contributed by atoms with Gasteiger partial charge in [-0.2, -0.15) is 5.10 Å². The molecule has 0 spiro atoms. The number of nitrogens with one attached hydrogen (secondary N) is 1. The minimum absolute atomic E-state index is 0.114. The number of nitrogens with zero attached hydrogens (tertiary/aromatic N) is 2. The minimum Gasteiger partial charge on any atom is -0.282 e. The molecular formula is C10H9N3O2. The summed E-state index contributed by atoms with van der Waals surface area (Å²) >= 11 is 0. The van der Waals surface area contributed by atoms with E-state index in [4.69, 9.17) is 0 Å². The van der Waals surface area contributed by atoms with Crippen LogP contribution < -0.4 is 0 Å². The summed E-state index contributed by atoms with van der Waals surface area (Å²) in [5.41, 5.74) is 2.12. The van der Waals surface area contributed by atoms with Crippen LogP contribution in [-0.4, -0.2) is 15.1 Å². The fraction of sp³-hybridized carbons (Fsp3) is 0.100. The van der Waals surface area contributed by atoms with Gasteiger partial charge in [0, 0.05) is 30.4 Å². The fourth-order valence-electron chi connectivity index (χ4n) is 1.34. The van der Waals surface area contributed by atoms with Crippen molar-refractivity contribution < 1.29 is 4.92 Å². The van der Waals surface area contributed by atoms with Crippen LogP contribution in [0.25, 0.3) is 0 Å². The molecule has 1 aromatic heterocycles. The average molecular weight is 203 g/mol. The zero-order chi connectivity index (χ0) is 10.7. The third-order valence-electron chi connectivity index (χ3n) is 2.10. The highest BCUT2D eigenvalue weighted by Gasteiger charge is 2.04. The number of nitro groups is 1. The Morgan fingerprint density at radius 2 is 2.00 bits per heavy atom. The van der Waals surface area contributed by atoms with E-state index in [-0.39, 0.29) is 5.69 Å². The largest absolute Gasteiger partial charge is 0.282 e. The predicted octanol–water partition coefficient (Wildman–Crippen LogP) is 1.91. The zero-order valence-electron chi connectivity index (χ0n) is 7.88. The molecule has 1 N–H and O–H groups in total. The van der Waals surface area contributed by atoms with Gasteiger partial charge in [0.05, 0.1) is 4.92 Å². The first kappa shape index (κ1) is 9.39. The van der Waals surface area contributed by atoms with E-state index < -0.39 is 4.92 Å². The molecule has 0 aliphatic rings. The van der Waals surface area contributed by atoms with Crippen LogP contribution in [0.15, 0.2) is 36.5 Å². The van der Waals surface area contributed by atoms with Gasteiger partial charge in [-0.1, -0.05) is 12.1 Å². The monoisotopic (exact) mass is 203 g/mol. The molecule has 1 heterocycles. The number of hydrogen-bond acceptors (Lipinski definition) is 3. The normalized spacial score (nSPS) is 10.1. The van der Waals surface area contributed by atoms with E-state index in [0.717, 1.165) is 11.3 Å². The summed E-state index contributed by atoms with van der Waals surface area (Å²) in [5.74, 6) is 0. The van der Waals surface area contributed by atoms with Crippen LogP contribution in [0.1, 0.15) is 11.3 Å². The van der Waals surface area contributed by atoms with E-state index in [1.165, 1.54) is 12.1 Å². The number of non-ortho nitro benzene ring substituents is 1. The van der Waals surface area contributed by atoms with Crippen LogP contribution in [-0.2, 0) is 6.42 Å².